The first-order valence-corrected chi connectivity index (χ1v) is 21.7. The van der Waals surface area contributed by atoms with Crippen molar-refractivity contribution in [2.75, 3.05) is 47.2 Å². The van der Waals surface area contributed by atoms with Crippen molar-refractivity contribution in [3.63, 3.8) is 0 Å². The summed E-state index contributed by atoms with van der Waals surface area (Å²) in [5, 5.41) is 19.8. The van der Waals surface area contributed by atoms with Gasteiger partial charge in [0.2, 0.25) is 23.6 Å². The average molecular weight is 859 g/mol. The van der Waals surface area contributed by atoms with Crippen molar-refractivity contribution < 1.29 is 43.3 Å². The molecule has 15 nitrogen and oxygen atoms in total. The van der Waals surface area contributed by atoms with E-state index >= 15 is 0 Å². The van der Waals surface area contributed by atoms with Crippen molar-refractivity contribution >= 4 is 35.4 Å². The van der Waals surface area contributed by atoms with Crippen molar-refractivity contribution in [2.45, 2.75) is 149 Å². The zero-order valence-electron chi connectivity index (χ0n) is 39.6. The molecule has 0 aliphatic carbocycles. The number of rotatable bonds is 22. The van der Waals surface area contributed by atoms with Crippen LogP contribution >= 0.6 is 0 Å². The molecule has 1 unspecified atom stereocenters. The Morgan fingerprint density at radius 3 is 2.02 bits per heavy atom. The molecule has 15 heteroatoms. The summed E-state index contributed by atoms with van der Waals surface area (Å²) in [6.07, 6.45) is 0.392. The Morgan fingerprint density at radius 1 is 0.934 bits per heavy atom. The smallest absolute Gasteiger partial charge is 0.412 e. The second-order valence-corrected chi connectivity index (χ2v) is 18.4. The van der Waals surface area contributed by atoms with Gasteiger partial charge in [0.05, 0.1) is 54.8 Å². The van der Waals surface area contributed by atoms with E-state index in [9.17, 15) is 29.1 Å². The number of likely N-dealkylation sites (tertiary alicyclic amines) is 1. The first-order chi connectivity index (χ1) is 28.4. The molecule has 1 aromatic carbocycles. The lowest BCUT2D eigenvalue weighted by Gasteiger charge is -2.41. The molecule has 346 valence electrons. The number of ether oxygens (including phenoxy) is 3. The third kappa shape index (κ3) is 14.8. The number of nitrogens with zero attached hydrogens (tertiary/aromatic N) is 3. The molecule has 0 saturated carbocycles. The monoisotopic (exact) mass is 859 g/mol. The van der Waals surface area contributed by atoms with E-state index < -0.39 is 72.0 Å². The number of aliphatic hydroxyl groups is 1. The molecule has 1 aliphatic rings. The normalized spacial score (nSPS) is 18.9. The highest BCUT2D eigenvalue weighted by Crippen LogP contribution is 2.31. The Labute approximate surface area is 365 Å². The number of hydrogen-bond donors (Lipinski definition) is 4. The van der Waals surface area contributed by atoms with Crippen molar-refractivity contribution in [3.8, 4) is 0 Å². The number of aliphatic hydroxyl groups excluding tert-OH is 1. The van der Waals surface area contributed by atoms with Gasteiger partial charge >= 0.3 is 6.09 Å². The summed E-state index contributed by atoms with van der Waals surface area (Å²) in [5.74, 6) is -2.17. The summed E-state index contributed by atoms with van der Waals surface area (Å²) in [4.78, 5) is 73.4. The van der Waals surface area contributed by atoms with Crippen LogP contribution in [0.15, 0.2) is 36.9 Å². The van der Waals surface area contributed by atoms with Crippen LogP contribution in [-0.4, -0.2) is 139 Å². The van der Waals surface area contributed by atoms with Crippen molar-refractivity contribution in [1.29, 1.82) is 0 Å². The van der Waals surface area contributed by atoms with Crippen LogP contribution in [0.3, 0.4) is 0 Å². The molecular weight excluding hydrogens is 781 g/mol. The molecule has 0 radical (unpaired) electrons. The molecule has 1 heterocycles. The number of nitrogens with one attached hydrogen (secondary N) is 3. The lowest BCUT2D eigenvalue weighted by atomic mass is 9.89. The Balaban J connectivity index is 2.25. The van der Waals surface area contributed by atoms with E-state index in [0.717, 1.165) is 0 Å². The average Bonchev–Trinajstić information content (AvgIpc) is 3.66. The van der Waals surface area contributed by atoms with E-state index in [-0.39, 0.29) is 41.9 Å². The van der Waals surface area contributed by atoms with Gasteiger partial charge < -0.3 is 39.8 Å². The summed E-state index contributed by atoms with van der Waals surface area (Å²) in [6, 6.07) is 3.73. The van der Waals surface area contributed by atoms with Gasteiger partial charge in [-0.05, 0) is 90.1 Å². The molecule has 61 heavy (non-hydrogen) atoms. The number of anilines is 1. The number of methoxy groups -OCH3 is 2. The SMILES string of the molecule is C=C[C@@H](C(=O)N[C@H](C)[C@@H](O)c1ccc(NC(=O)OC(C)(C)C)cc1)[C@@H](OC)C1CCCN1C(=O)C[C@@H](OC)[C@H]([C@@H](C)CC)N(C)C(=O)[C@@H](NC(=O)[C@H](C(C)C)N(C)C)C(C)C. The Bertz CT molecular complexity index is 1590. The Kier molecular flexibility index (Phi) is 20.9. The van der Waals surface area contributed by atoms with Gasteiger partial charge in [0.25, 0.3) is 0 Å². The molecule has 0 bridgehead atoms. The topological polar surface area (TPSA) is 179 Å². The summed E-state index contributed by atoms with van der Waals surface area (Å²) in [6.45, 7) is 23.2. The third-order valence-electron chi connectivity index (χ3n) is 11.7. The van der Waals surface area contributed by atoms with Crippen molar-refractivity contribution in [1.82, 2.24) is 25.3 Å². The molecular formula is C46H78N6O9. The molecule has 10 atom stereocenters. The van der Waals surface area contributed by atoms with E-state index in [1.54, 1.807) is 75.9 Å². The summed E-state index contributed by atoms with van der Waals surface area (Å²) < 4.78 is 17.3. The maximum Gasteiger partial charge on any atom is 0.412 e. The standard InChI is InChI=1S/C46H78N6O9/c1-17-29(7)39(51(14)44(57)37(27(3)4)49-43(56)38(28(5)6)50(12)13)35(59-15)26-36(53)52-25-19-20-34(52)41(60-16)33(18-2)42(55)47-30(8)40(54)31-21-23-32(24-22-31)48-45(58)61-46(9,10)11/h18,21-24,27-30,33-35,37-41,54H,2,17,19-20,25-26H2,1,3-16H3,(H,47,55)(H,48,58)(H,49,56)/t29-,30+,33+,34?,35+,37-,38-,39-,40+,41+/m0/s1. The zero-order valence-corrected chi connectivity index (χ0v) is 39.6. The van der Waals surface area contributed by atoms with Gasteiger partial charge in [0.1, 0.15) is 11.6 Å². The molecule has 1 aliphatic heterocycles. The first-order valence-electron chi connectivity index (χ1n) is 21.7. The van der Waals surface area contributed by atoms with Crippen LogP contribution in [0.1, 0.15) is 107 Å². The van der Waals surface area contributed by atoms with E-state index in [1.165, 1.54) is 13.2 Å². The van der Waals surface area contributed by atoms with Gasteiger partial charge in [-0.2, -0.15) is 0 Å². The quantitative estimate of drug-likeness (QED) is 0.111. The molecule has 0 aromatic heterocycles. The van der Waals surface area contributed by atoms with Crippen LogP contribution in [0, 0.1) is 23.7 Å². The van der Waals surface area contributed by atoms with Crippen LogP contribution < -0.4 is 16.0 Å². The molecule has 1 saturated heterocycles. The van der Waals surface area contributed by atoms with Gasteiger partial charge in [-0.15, -0.1) is 6.58 Å². The number of likely N-dealkylation sites (N-methyl/N-ethyl adjacent to an activating group) is 2. The van der Waals surface area contributed by atoms with Gasteiger partial charge in [-0.25, -0.2) is 4.79 Å². The Hall–Kier alpha value is -4.05. The highest BCUT2D eigenvalue weighted by Gasteiger charge is 2.44. The fourth-order valence-corrected chi connectivity index (χ4v) is 8.37. The molecule has 1 fully saturated rings. The predicted octanol–water partition coefficient (Wildman–Crippen LogP) is 5.39. The highest BCUT2D eigenvalue weighted by atomic mass is 16.6. The summed E-state index contributed by atoms with van der Waals surface area (Å²) in [7, 11) is 8.45. The van der Waals surface area contributed by atoms with Crippen LogP contribution in [0.2, 0.25) is 0 Å². The van der Waals surface area contributed by atoms with Crippen molar-refractivity contribution in [2.24, 2.45) is 23.7 Å². The lowest BCUT2D eigenvalue weighted by molar-refractivity contribution is -0.147. The largest absolute Gasteiger partial charge is 0.444 e. The second kappa shape index (κ2) is 24.0. The minimum absolute atomic E-state index is 0.0227. The van der Waals surface area contributed by atoms with Gasteiger partial charge in [0.15, 0.2) is 0 Å². The Morgan fingerprint density at radius 2 is 1.54 bits per heavy atom. The van der Waals surface area contributed by atoms with Gasteiger partial charge in [0, 0.05) is 33.5 Å². The number of benzene rings is 1. The molecule has 5 amide bonds. The van der Waals surface area contributed by atoms with E-state index in [4.69, 9.17) is 14.2 Å². The van der Waals surface area contributed by atoms with Crippen molar-refractivity contribution in [3.05, 3.63) is 42.5 Å². The van der Waals surface area contributed by atoms with E-state index in [1.807, 2.05) is 60.5 Å². The fourth-order valence-electron chi connectivity index (χ4n) is 8.37. The van der Waals surface area contributed by atoms with Crippen LogP contribution in [0.4, 0.5) is 10.5 Å². The zero-order chi connectivity index (χ0) is 46.5. The highest BCUT2D eigenvalue weighted by molar-refractivity contribution is 5.90. The van der Waals surface area contributed by atoms with Gasteiger partial charge in [-0.1, -0.05) is 66.2 Å². The molecule has 4 N–H and O–H groups in total. The van der Waals surface area contributed by atoms with E-state index in [0.29, 0.717) is 37.1 Å². The maximum absolute atomic E-state index is 14.3. The minimum Gasteiger partial charge on any atom is -0.444 e. The summed E-state index contributed by atoms with van der Waals surface area (Å²) >= 11 is 0. The molecule has 2 rings (SSSR count). The van der Waals surface area contributed by atoms with Crippen LogP contribution in [-0.2, 0) is 33.4 Å². The van der Waals surface area contributed by atoms with E-state index in [2.05, 4.69) is 22.5 Å². The van der Waals surface area contributed by atoms with Crippen LogP contribution in [0.5, 0.6) is 0 Å². The predicted molar refractivity (Wildman–Crippen MR) is 239 cm³/mol. The lowest BCUT2D eigenvalue weighted by Crippen LogP contribution is -2.59. The minimum atomic E-state index is -1.08. The van der Waals surface area contributed by atoms with Gasteiger partial charge in [-0.3, -0.25) is 29.4 Å². The maximum atomic E-state index is 14.3. The number of hydrogen-bond acceptors (Lipinski definition) is 10. The molecule has 1 aromatic rings. The van der Waals surface area contributed by atoms with Crippen LogP contribution in [0.25, 0.3) is 0 Å². The first kappa shape index (κ1) is 53.1. The number of carbonyl (C=O) groups is 5. The molecule has 0 spiro atoms. The second-order valence-electron chi connectivity index (χ2n) is 18.4. The number of amides is 5. The summed E-state index contributed by atoms with van der Waals surface area (Å²) in [5.41, 5.74) is 0.358. The fraction of sp³-hybridized carbons (Fsp3) is 0.717. The third-order valence-corrected chi connectivity index (χ3v) is 11.7. The number of carbonyl (C=O) groups excluding carboxylic acids is 5.